The molecule has 0 spiro atoms. The molecular formula is C15H19NO3S. The second-order valence-electron chi connectivity index (χ2n) is 5.09. The van der Waals surface area contributed by atoms with Crippen LogP contribution >= 0.6 is 11.3 Å². The molecule has 0 fully saturated rings. The number of thiophene rings is 1. The summed E-state index contributed by atoms with van der Waals surface area (Å²) in [6.45, 7) is 3.08. The van der Waals surface area contributed by atoms with Crippen LogP contribution < -0.4 is 0 Å². The van der Waals surface area contributed by atoms with Crippen LogP contribution in [-0.2, 0) is 6.54 Å². The van der Waals surface area contributed by atoms with E-state index in [0.717, 1.165) is 22.2 Å². The average molecular weight is 293 g/mol. The first kappa shape index (κ1) is 15.0. The van der Waals surface area contributed by atoms with Crippen LogP contribution in [0.4, 0.5) is 0 Å². The van der Waals surface area contributed by atoms with E-state index in [1.807, 2.05) is 36.2 Å². The fourth-order valence-electron chi connectivity index (χ4n) is 2.18. The Balaban J connectivity index is 2.27. The number of aliphatic hydroxyl groups is 1. The molecule has 1 unspecified atom stereocenters. The van der Waals surface area contributed by atoms with Gasteiger partial charge in [0, 0.05) is 17.8 Å². The van der Waals surface area contributed by atoms with E-state index in [1.165, 1.54) is 11.3 Å². The first-order valence-corrected chi connectivity index (χ1v) is 7.41. The molecule has 5 heteroatoms. The van der Waals surface area contributed by atoms with Gasteiger partial charge in [-0.25, -0.2) is 4.79 Å². The molecule has 0 saturated carbocycles. The zero-order valence-electron chi connectivity index (χ0n) is 11.7. The Morgan fingerprint density at radius 3 is 2.75 bits per heavy atom. The quantitative estimate of drug-likeness (QED) is 0.860. The molecule has 1 aromatic heterocycles. The Labute approximate surface area is 122 Å². The Bertz CT molecular complexity index is 606. The van der Waals surface area contributed by atoms with Crippen molar-refractivity contribution in [1.29, 1.82) is 0 Å². The smallest absolute Gasteiger partial charge is 0.346 e. The van der Waals surface area contributed by atoms with Gasteiger partial charge in [0.05, 0.1) is 6.10 Å². The number of aliphatic hydroxyl groups excluding tert-OH is 1. The Morgan fingerprint density at radius 1 is 1.40 bits per heavy atom. The molecule has 0 bridgehead atoms. The van der Waals surface area contributed by atoms with E-state index < -0.39 is 5.97 Å². The van der Waals surface area contributed by atoms with E-state index in [4.69, 9.17) is 0 Å². The van der Waals surface area contributed by atoms with Crippen LogP contribution in [0.3, 0.4) is 0 Å². The summed E-state index contributed by atoms with van der Waals surface area (Å²) < 4.78 is 1.00. The molecule has 0 aliphatic carbocycles. The van der Waals surface area contributed by atoms with E-state index in [-0.39, 0.29) is 6.10 Å². The van der Waals surface area contributed by atoms with E-state index in [1.54, 1.807) is 6.92 Å². The Kier molecular flexibility index (Phi) is 4.75. The highest BCUT2D eigenvalue weighted by atomic mass is 32.1. The van der Waals surface area contributed by atoms with Crippen LogP contribution in [0.25, 0.3) is 10.1 Å². The molecule has 1 aromatic carbocycles. The van der Waals surface area contributed by atoms with Gasteiger partial charge in [0.1, 0.15) is 4.88 Å². The summed E-state index contributed by atoms with van der Waals surface area (Å²) in [5.74, 6) is -0.870. The summed E-state index contributed by atoms with van der Waals surface area (Å²) >= 11 is 1.32. The van der Waals surface area contributed by atoms with Crippen LogP contribution in [0.15, 0.2) is 24.3 Å². The second-order valence-corrected chi connectivity index (χ2v) is 6.14. The van der Waals surface area contributed by atoms with Gasteiger partial charge >= 0.3 is 5.97 Å². The summed E-state index contributed by atoms with van der Waals surface area (Å²) in [6.07, 6.45) is 0.344. The van der Waals surface area contributed by atoms with Gasteiger partial charge < -0.3 is 15.1 Å². The number of carboxylic acids is 1. The second kappa shape index (κ2) is 6.35. The number of nitrogens with zero attached hydrogens (tertiary/aromatic N) is 1. The van der Waals surface area contributed by atoms with Crippen LogP contribution in [0.1, 0.15) is 28.6 Å². The van der Waals surface area contributed by atoms with E-state index in [0.29, 0.717) is 17.8 Å². The lowest BCUT2D eigenvalue weighted by molar-refractivity contribution is 0.0700. The minimum Gasteiger partial charge on any atom is -0.477 e. The molecule has 108 valence electrons. The maximum absolute atomic E-state index is 11.4. The third-order valence-electron chi connectivity index (χ3n) is 3.25. The van der Waals surface area contributed by atoms with Crippen LogP contribution in [-0.4, -0.2) is 40.8 Å². The fraction of sp³-hybridized carbons (Fsp3) is 0.400. The van der Waals surface area contributed by atoms with Gasteiger partial charge in [0.2, 0.25) is 0 Å². The summed E-state index contributed by atoms with van der Waals surface area (Å²) in [5, 5.41) is 19.7. The van der Waals surface area contributed by atoms with Crippen LogP contribution in [0.5, 0.6) is 0 Å². The minimum atomic E-state index is -0.870. The topological polar surface area (TPSA) is 60.8 Å². The zero-order chi connectivity index (χ0) is 14.7. The van der Waals surface area contributed by atoms with Crippen LogP contribution in [0, 0.1) is 0 Å². The molecule has 1 heterocycles. The molecule has 0 aliphatic heterocycles. The van der Waals surface area contributed by atoms with Crippen molar-refractivity contribution in [3.8, 4) is 0 Å². The van der Waals surface area contributed by atoms with Crippen molar-refractivity contribution in [3.63, 3.8) is 0 Å². The van der Waals surface area contributed by atoms with Gasteiger partial charge in [-0.2, -0.15) is 0 Å². The summed E-state index contributed by atoms with van der Waals surface area (Å²) in [6, 6.07) is 7.77. The third kappa shape index (κ3) is 3.36. The van der Waals surface area contributed by atoms with Gasteiger partial charge in [0.15, 0.2) is 0 Å². The molecule has 4 nitrogen and oxygen atoms in total. The summed E-state index contributed by atoms with van der Waals surface area (Å²) in [7, 11) is 1.94. The molecule has 0 aliphatic rings. The number of carboxylic acid groups (broad SMARTS) is 1. The maximum atomic E-state index is 11.4. The monoisotopic (exact) mass is 293 g/mol. The SMILES string of the molecule is CC(O)CCN(C)Cc1c(C(=O)O)sc2ccccc12. The van der Waals surface area contributed by atoms with Crippen molar-refractivity contribution < 1.29 is 15.0 Å². The largest absolute Gasteiger partial charge is 0.477 e. The molecule has 2 aromatic rings. The van der Waals surface area contributed by atoms with Crippen molar-refractivity contribution in [2.75, 3.05) is 13.6 Å². The van der Waals surface area contributed by atoms with Gasteiger partial charge in [-0.15, -0.1) is 11.3 Å². The number of carbonyl (C=O) groups is 1. The van der Waals surface area contributed by atoms with E-state index in [9.17, 15) is 15.0 Å². The maximum Gasteiger partial charge on any atom is 0.346 e. The van der Waals surface area contributed by atoms with Crippen molar-refractivity contribution in [2.45, 2.75) is 26.0 Å². The van der Waals surface area contributed by atoms with Crippen molar-refractivity contribution in [3.05, 3.63) is 34.7 Å². The standard InChI is InChI=1S/C15H19NO3S/c1-10(17)7-8-16(2)9-12-11-5-3-4-6-13(11)20-14(12)15(18)19/h3-6,10,17H,7-9H2,1-2H3,(H,18,19). The van der Waals surface area contributed by atoms with Gasteiger partial charge in [-0.05, 0) is 37.4 Å². The predicted molar refractivity (Wildman–Crippen MR) is 81.4 cm³/mol. The molecule has 1 atom stereocenters. The van der Waals surface area contributed by atoms with E-state index in [2.05, 4.69) is 0 Å². The third-order valence-corrected chi connectivity index (χ3v) is 4.45. The lowest BCUT2D eigenvalue weighted by Gasteiger charge is -2.17. The number of aromatic carboxylic acids is 1. The van der Waals surface area contributed by atoms with Crippen LogP contribution in [0.2, 0.25) is 0 Å². The predicted octanol–water partition coefficient (Wildman–Crippen LogP) is 2.80. The highest BCUT2D eigenvalue weighted by molar-refractivity contribution is 7.21. The molecular weight excluding hydrogens is 274 g/mol. The van der Waals surface area contributed by atoms with Crippen molar-refractivity contribution in [2.24, 2.45) is 0 Å². The summed E-state index contributed by atoms with van der Waals surface area (Å²) in [5.41, 5.74) is 0.867. The first-order valence-electron chi connectivity index (χ1n) is 6.59. The Morgan fingerprint density at radius 2 is 2.10 bits per heavy atom. The molecule has 0 amide bonds. The molecule has 0 radical (unpaired) electrons. The number of fused-ring (bicyclic) bond motifs is 1. The molecule has 2 N–H and O–H groups in total. The normalized spacial score (nSPS) is 13.0. The van der Waals surface area contributed by atoms with Gasteiger partial charge in [-0.3, -0.25) is 0 Å². The van der Waals surface area contributed by atoms with E-state index >= 15 is 0 Å². The van der Waals surface area contributed by atoms with Crippen molar-refractivity contribution >= 4 is 27.4 Å². The zero-order valence-corrected chi connectivity index (χ0v) is 12.5. The number of rotatable bonds is 6. The molecule has 2 rings (SSSR count). The minimum absolute atomic E-state index is 0.337. The number of hydrogen-bond donors (Lipinski definition) is 2. The lowest BCUT2D eigenvalue weighted by Crippen LogP contribution is -2.22. The van der Waals surface area contributed by atoms with Crippen molar-refractivity contribution in [1.82, 2.24) is 4.90 Å². The summed E-state index contributed by atoms with van der Waals surface area (Å²) in [4.78, 5) is 13.9. The van der Waals surface area contributed by atoms with Gasteiger partial charge in [0.25, 0.3) is 0 Å². The highest BCUT2D eigenvalue weighted by Crippen LogP contribution is 2.32. The average Bonchev–Trinajstić information content (AvgIpc) is 2.76. The first-order chi connectivity index (χ1) is 9.49. The lowest BCUT2D eigenvalue weighted by atomic mass is 10.1. The number of benzene rings is 1. The molecule has 20 heavy (non-hydrogen) atoms. The van der Waals surface area contributed by atoms with Gasteiger partial charge in [-0.1, -0.05) is 18.2 Å². The fourth-order valence-corrected chi connectivity index (χ4v) is 3.24. The Hall–Kier alpha value is -1.43. The number of hydrogen-bond acceptors (Lipinski definition) is 4. The highest BCUT2D eigenvalue weighted by Gasteiger charge is 2.18. The molecule has 0 saturated heterocycles.